The van der Waals surface area contributed by atoms with Crippen LogP contribution in [0.1, 0.15) is 39.2 Å². The fourth-order valence-electron chi connectivity index (χ4n) is 1.76. The molecule has 1 rings (SSSR count). The molecular weight excluding hydrogens is 254 g/mol. The Bertz CT molecular complexity index is 440. The van der Waals surface area contributed by atoms with E-state index in [1.807, 2.05) is 12.1 Å². The van der Waals surface area contributed by atoms with Gasteiger partial charge in [0, 0.05) is 13.0 Å². The third-order valence-corrected chi connectivity index (χ3v) is 2.89. The molecule has 1 amide bonds. The average molecular weight is 277 g/mol. The highest BCUT2D eigenvalue weighted by Gasteiger charge is 2.13. The Kier molecular flexibility index (Phi) is 6.77. The Morgan fingerprint density at radius 1 is 1.25 bits per heavy atom. The molecule has 4 heteroatoms. The summed E-state index contributed by atoms with van der Waals surface area (Å²) in [6.07, 6.45) is 1.92. The van der Waals surface area contributed by atoms with Crippen LogP contribution >= 0.6 is 0 Å². The number of hydrogen-bond acceptors (Lipinski definition) is 3. The molecule has 0 saturated heterocycles. The number of nitrogens with one attached hydrogen (secondary N) is 1. The number of hydrogen-bond donors (Lipinski definition) is 1. The van der Waals surface area contributed by atoms with E-state index in [4.69, 9.17) is 4.74 Å². The molecule has 0 radical (unpaired) electrons. The number of Topliss-reactive ketones (excluding diaryl/α,β-unsaturated/α-hetero) is 1. The molecule has 0 spiro atoms. The second kappa shape index (κ2) is 8.35. The van der Waals surface area contributed by atoms with Gasteiger partial charge in [-0.2, -0.15) is 0 Å². The lowest BCUT2D eigenvalue weighted by Gasteiger charge is -2.14. The number of ether oxygens (including phenoxy) is 1. The van der Waals surface area contributed by atoms with Crippen LogP contribution < -0.4 is 10.1 Å². The largest absolute Gasteiger partial charge is 0.481 e. The first kappa shape index (κ1) is 16.2. The topological polar surface area (TPSA) is 55.4 Å². The fraction of sp³-hybridized carbons (Fsp3) is 0.500. The summed E-state index contributed by atoms with van der Waals surface area (Å²) >= 11 is 0. The molecular formula is C16H23NO3. The van der Waals surface area contributed by atoms with E-state index in [1.54, 1.807) is 26.0 Å². The van der Waals surface area contributed by atoms with Gasteiger partial charge in [-0.1, -0.05) is 25.5 Å². The Balaban J connectivity index is 2.47. The summed E-state index contributed by atoms with van der Waals surface area (Å²) in [6.45, 7) is 6.05. The van der Waals surface area contributed by atoms with Gasteiger partial charge in [0.2, 0.25) is 0 Å². The third-order valence-electron chi connectivity index (χ3n) is 2.89. The van der Waals surface area contributed by atoms with E-state index in [9.17, 15) is 9.59 Å². The molecule has 0 heterocycles. The van der Waals surface area contributed by atoms with Crippen molar-refractivity contribution in [1.29, 1.82) is 0 Å². The minimum Gasteiger partial charge on any atom is -0.481 e. The molecule has 1 N–H and O–H groups in total. The van der Waals surface area contributed by atoms with E-state index in [2.05, 4.69) is 12.2 Å². The number of amides is 1. The summed E-state index contributed by atoms with van der Waals surface area (Å²) in [5, 5.41) is 2.83. The lowest BCUT2D eigenvalue weighted by Crippen LogP contribution is -2.36. The third kappa shape index (κ3) is 5.87. The second-order valence-electron chi connectivity index (χ2n) is 4.93. The van der Waals surface area contributed by atoms with Crippen LogP contribution in [0.15, 0.2) is 24.3 Å². The van der Waals surface area contributed by atoms with Gasteiger partial charge in [-0.3, -0.25) is 9.59 Å². The Labute approximate surface area is 120 Å². The monoisotopic (exact) mass is 277 g/mol. The molecule has 0 bridgehead atoms. The average Bonchev–Trinajstić information content (AvgIpc) is 2.40. The molecule has 1 aromatic carbocycles. The minimum absolute atomic E-state index is 0.105. The van der Waals surface area contributed by atoms with Crippen LogP contribution in [0.3, 0.4) is 0 Å². The molecule has 4 nitrogen and oxygen atoms in total. The fourth-order valence-corrected chi connectivity index (χ4v) is 1.76. The van der Waals surface area contributed by atoms with Gasteiger partial charge >= 0.3 is 0 Å². The zero-order chi connectivity index (χ0) is 15.0. The first-order chi connectivity index (χ1) is 9.52. The van der Waals surface area contributed by atoms with Crippen LogP contribution in [0.4, 0.5) is 0 Å². The summed E-state index contributed by atoms with van der Waals surface area (Å²) in [5.74, 6) is 0.657. The van der Waals surface area contributed by atoms with Crippen LogP contribution in [0.2, 0.25) is 0 Å². The molecule has 0 saturated carbocycles. The molecule has 110 valence electrons. The van der Waals surface area contributed by atoms with Crippen molar-refractivity contribution in [2.45, 2.75) is 46.1 Å². The smallest absolute Gasteiger partial charge is 0.260 e. The molecule has 20 heavy (non-hydrogen) atoms. The summed E-state index contributed by atoms with van der Waals surface area (Å²) in [7, 11) is 0. The Morgan fingerprint density at radius 2 is 1.90 bits per heavy atom. The summed E-state index contributed by atoms with van der Waals surface area (Å²) in [5.41, 5.74) is 0.949. The quantitative estimate of drug-likeness (QED) is 0.743. The summed E-state index contributed by atoms with van der Waals surface area (Å²) in [4.78, 5) is 22.8. The molecule has 0 fully saturated rings. The van der Waals surface area contributed by atoms with Crippen molar-refractivity contribution in [2.75, 3.05) is 6.54 Å². The lowest BCUT2D eigenvalue weighted by atomic mass is 10.1. The SMILES string of the molecule is CCCCNC(=O)C(C)Oc1ccc(CC(C)=O)cc1. The van der Waals surface area contributed by atoms with Crippen molar-refractivity contribution in [2.24, 2.45) is 0 Å². The zero-order valence-corrected chi connectivity index (χ0v) is 12.4. The number of benzene rings is 1. The van der Waals surface area contributed by atoms with Gasteiger partial charge in [0.05, 0.1) is 0 Å². The maximum atomic E-state index is 11.8. The first-order valence-corrected chi connectivity index (χ1v) is 7.05. The van der Waals surface area contributed by atoms with Crippen molar-refractivity contribution in [3.63, 3.8) is 0 Å². The maximum Gasteiger partial charge on any atom is 0.260 e. The second-order valence-corrected chi connectivity index (χ2v) is 4.93. The van der Waals surface area contributed by atoms with Gasteiger partial charge in [0.25, 0.3) is 5.91 Å². The zero-order valence-electron chi connectivity index (χ0n) is 12.4. The van der Waals surface area contributed by atoms with Crippen molar-refractivity contribution < 1.29 is 14.3 Å². The molecule has 0 aliphatic heterocycles. The van der Waals surface area contributed by atoms with Crippen LogP contribution in [0.25, 0.3) is 0 Å². The lowest BCUT2D eigenvalue weighted by molar-refractivity contribution is -0.127. The van der Waals surface area contributed by atoms with Gasteiger partial charge in [0.15, 0.2) is 6.10 Å². The van der Waals surface area contributed by atoms with Crippen molar-refractivity contribution in [3.8, 4) is 5.75 Å². The van der Waals surface area contributed by atoms with E-state index in [0.29, 0.717) is 18.7 Å². The van der Waals surface area contributed by atoms with Gasteiger partial charge in [0.1, 0.15) is 11.5 Å². The summed E-state index contributed by atoms with van der Waals surface area (Å²) in [6, 6.07) is 7.26. The predicted octanol–water partition coefficient (Wildman–Crippen LogP) is 2.50. The molecule has 0 aromatic heterocycles. The first-order valence-electron chi connectivity index (χ1n) is 7.05. The summed E-state index contributed by atoms with van der Waals surface area (Å²) < 4.78 is 5.57. The van der Waals surface area contributed by atoms with E-state index in [-0.39, 0.29) is 11.7 Å². The van der Waals surface area contributed by atoms with E-state index in [1.165, 1.54) is 0 Å². The molecule has 1 unspecified atom stereocenters. The van der Waals surface area contributed by atoms with E-state index in [0.717, 1.165) is 18.4 Å². The Hall–Kier alpha value is -1.84. The van der Waals surface area contributed by atoms with Gasteiger partial charge < -0.3 is 10.1 Å². The molecule has 0 aliphatic carbocycles. The van der Waals surface area contributed by atoms with Crippen LogP contribution in [0, 0.1) is 0 Å². The van der Waals surface area contributed by atoms with E-state index < -0.39 is 6.10 Å². The standard InChI is InChI=1S/C16H23NO3/c1-4-5-10-17-16(19)13(3)20-15-8-6-14(7-9-15)11-12(2)18/h6-9,13H,4-5,10-11H2,1-3H3,(H,17,19). The molecule has 0 aliphatic rings. The van der Waals surface area contributed by atoms with Crippen LogP contribution in [0.5, 0.6) is 5.75 Å². The van der Waals surface area contributed by atoms with Crippen molar-refractivity contribution in [1.82, 2.24) is 5.32 Å². The normalized spacial score (nSPS) is 11.8. The number of carbonyl (C=O) groups excluding carboxylic acids is 2. The highest BCUT2D eigenvalue weighted by molar-refractivity contribution is 5.80. The van der Waals surface area contributed by atoms with Crippen molar-refractivity contribution >= 4 is 11.7 Å². The highest BCUT2D eigenvalue weighted by atomic mass is 16.5. The van der Waals surface area contributed by atoms with Gasteiger partial charge in [-0.15, -0.1) is 0 Å². The maximum absolute atomic E-state index is 11.8. The molecule has 1 atom stereocenters. The number of carbonyl (C=O) groups is 2. The minimum atomic E-state index is -0.523. The van der Waals surface area contributed by atoms with Gasteiger partial charge in [-0.05, 0) is 38.0 Å². The van der Waals surface area contributed by atoms with E-state index >= 15 is 0 Å². The Morgan fingerprint density at radius 3 is 2.45 bits per heavy atom. The highest BCUT2D eigenvalue weighted by Crippen LogP contribution is 2.14. The predicted molar refractivity (Wildman–Crippen MR) is 78.8 cm³/mol. The number of unbranched alkanes of at least 4 members (excludes halogenated alkanes) is 1. The van der Waals surface area contributed by atoms with Gasteiger partial charge in [-0.25, -0.2) is 0 Å². The number of ketones is 1. The number of rotatable bonds is 8. The van der Waals surface area contributed by atoms with Crippen LogP contribution in [-0.4, -0.2) is 24.3 Å². The molecule has 1 aromatic rings. The van der Waals surface area contributed by atoms with Crippen molar-refractivity contribution in [3.05, 3.63) is 29.8 Å². The van der Waals surface area contributed by atoms with Crippen LogP contribution in [-0.2, 0) is 16.0 Å².